The molecule has 0 amide bonds. The van der Waals surface area contributed by atoms with E-state index in [0.717, 1.165) is 24.3 Å². The Morgan fingerprint density at radius 1 is 1.00 bits per heavy atom. The molecule has 0 unspecified atom stereocenters. The number of carbonyl (C=O) groups excluding carboxylic acids is 1. The van der Waals surface area contributed by atoms with E-state index in [1.54, 1.807) is 6.07 Å². The Bertz CT molecular complexity index is 856. The number of nitro benzene ring substituents is 2. The molecule has 0 saturated heterocycles. The summed E-state index contributed by atoms with van der Waals surface area (Å²) >= 11 is 0. The Kier molecular flexibility index (Phi) is 4.28. The van der Waals surface area contributed by atoms with Gasteiger partial charge in [0.15, 0.2) is 0 Å². The highest BCUT2D eigenvalue weighted by atomic mass is 16.6. The number of nitrogens with zero attached hydrogens (tertiary/aromatic N) is 3. The highest BCUT2D eigenvalue weighted by molar-refractivity contribution is 5.77. The van der Waals surface area contributed by atoms with Crippen molar-refractivity contribution >= 4 is 17.7 Å². The molecule has 114 valence electrons. The predicted octanol–water partition coefficient (Wildman–Crippen LogP) is 2.98. The maximum Gasteiger partial charge on any atom is 0.312 e. The first-order chi connectivity index (χ1) is 11.0. The van der Waals surface area contributed by atoms with Gasteiger partial charge in [-0.3, -0.25) is 25.0 Å². The number of rotatable bonds is 5. The molecule has 0 saturated carbocycles. The van der Waals surface area contributed by atoms with E-state index in [-0.39, 0.29) is 22.6 Å². The summed E-state index contributed by atoms with van der Waals surface area (Å²) < 4.78 is 5.25. The molecule has 0 fully saturated rings. The summed E-state index contributed by atoms with van der Waals surface area (Å²) in [6.07, 6.45) is 0.426. The zero-order valence-corrected chi connectivity index (χ0v) is 11.3. The average molecular weight is 313 g/mol. The number of hydrogen-bond acceptors (Lipinski definition) is 7. The van der Waals surface area contributed by atoms with Crippen molar-refractivity contribution in [3.8, 4) is 17.6 Å². The second kappa shape index (κ2) is 6.31. The minimum absolute atomic E-state index is 0.0596. The van der Waals surface area contributed by atoms with Gasteiger partial charge in [-0.05, 0) is 18.2 Å². The largest absolute Gasteiger partial charge is 0.443 e. The van der Waals surface area contributed by atoms with Crippen LogP contribution in [0.4, 0.5) is 11.4 Å². The lowest BCUT2D eigenvalue weighted by Crippen LogP contribution is -1.98. The lowest BCUT2D eigenvalue weighted by Gasteiger charge is -2.07. The summed E-state index contributed by atoms with van der Waals surface area (Å²) in [5.41, 5.74) is -0.814. The molecule has 0 spiro atoms. The molecule has 2 aromatic rings. The Morgan fingerprint density at radius 2 is 1.70 bits per heavy atom. The number of nitriles is 1. The molecule has 2 rings (SSSR count). The van der Waals surface area contributed by atoms with Crippen LogP contribution in [0.5, 0.6) is 11.5 Å². The first-order valence-electron chi connectivity index (χ1n) is 6.06. The van der Waals surface area contributed by atoms with E-state index in [2.05, 4.69) is 0 Å². The molecular weight excluding hydrogens is 306 g/mol. The van der Waals surface area contributed by atoms with Crippen molar-refractivity contribution in [3.63, 3.8) is 0 Å². The maximum atomic E-state index is 11.0. The summed E-state index contributed by atoms with van der Waals surface area (Å²) in [5.74, 6) is -0.588. The molecule has 0 radical (unpaired) electrons. The highest BCUT2D eigenvalue weighted by Crippen LogP contribution is 2.36. The number of ether oxygens (including phenoxy) is 1. The van der Waals surface area contributed by atoms with Crippen LogP contribution < -0.4 is 4.74 Å². The molecule has 0 aliphatic rings. The predicted molar refractivity (Wildman–Crippen MR) is 76.4 cm³/mol. The van der Waals surface area contributed by atoms with Gasteiger partial charge in [0, 0.05) is 23.8 Å². The minimum atomic E-state index is -0.775. The molecule has 2 aromatic carbocycles. The fourth-order valence-electron chi connectivity index (χ4n) is 1.77. The van der Waals surface area contributed by atoms with Crippen LogP contribution in [0.25, 0.3) is 0 Å². The summed E-state index contributed by atoms with van der Waals surface area (Å²) in [6, 6.07) is 8.62. The van der Waals surface area contributed by atoms with Crippen molar-refractivity contribution in [2.45, 2.75) is 0 Å². The monoisotopic (exact) mass is 313 g/mol. The smallest absolute Gasteiger partial charge is 0.312 e. The van der Waals surface area contributed by atoms with Gasteiger partial charge < -0.3 is 4.74 Å². The third kappa shape index (κ3) is 3.27. The van der Waals surface area contributed by atoms with Gasteiger partial charge in [-0.25, -0.2) is 0 Å². The zero-order chi connectivity index (χ0) is 17.0. The number of aldehydes is 1. The SMILES string of the molecule is N#Cc1ccc([N+](=O)[O-])c(Oc2ccc(C=O)cc2[N+](=O)[O-])c1. The number of benzene rings is 2. The average Bonchev–Trinajstić information content (AvgIpc) is 2.54. The molecule has 0 aliphatic carbocycles. The molecule has 0 aliphatic heterocycles. The lowest BCUT2D eigenvalue weighted by molar-refractivity contribution is -0.387. The fourth-order valence-corrected chi connectivity index (χ4v) is 1.77. The first-order valence-corrected chi connectivity index (χ1v) is 6.06. The summed E-state index contributed by atoms with van der Waals surface area (Å²) in [4.78, 5) is 31.2. The molecule has 23 heavy (non-hydrogen) atoms. The van der Waals surface area contributed by atoms with Crippen molar-refractivity contribution in [2.24, 2.45) is 0 Å². The van der Waals surface area contributed by atoms with Gasteiger partial charge in [0.25, 0.3) is 0 Å². The van der Waals surface area contributed by atoms with Crippen molar-refractivity contribution < 1.29 is 19.4 Å². The van der Waals surface area contributed by atoms with Crippen LogP contribution in [0.3, 0.4) is 0 Å². The second-order valence-corrected chi connectivity index (χ2v) is 4.26. The zero-order valence-electron chi connectivity index (χ0n) is 11.3. The van der Waals surface area contributed by atoms with E-state index in [1.165, 1.54) is 12.1 Å². The number of carbonyl (C=O) groups is 1. The first kappa shape index (κ1) is 15.6. The molecule has 0 heterocycles. The molecule has 9 nitrogen and oxygen atoms in total. The number of nitro groups is 2. The summed E-state index contributed by atoms with van der Waals surface area (Å²) in [5, 5.41) is 30.9. The van der Waals surface area contributed by atoms with Crippen LogP contribution in [0, 0.1) is 31.6 Å². The third-order valence-electron chi connectivity index (χ3n) is 2.82. The van der Waals surface area contributed by atoms with Crippen molar-refractivity contribution in [2.75, 3.05) is 0 Å². The summed E-state index contributed by atoms with van der Waals surface area (Å²) in [6.45, 7) is 0. The van der Waals surface area contributed by atoms with E-state index in [0.29, 0.717) is 6.29 Å². The standard InChI is InChI=1S/C14H7N3O6/c15-7-9-1-3-11(16(19)20)14(6-9)23-13-4-2-10(8-18)5-12(13)17(21)22/h1-6,8H. The molecule has 0 bridgehead atoms. The Labute approximate surface area is 128 Å². The Morgan fingerprint density at radius 3 is 2.26 bits per heavy atom. The van der Waals surface area contributed by atoms with Gasteiger partial charge in [-0.2, -0.15) is 5.26 Å². The van der Waals surface area contributed by atoms with Crippen LogP contribution in [-0.4, -0.2) is 16.1 Å². The molecule has 9 heteroatoms. The molecule has 0 N–H and O–H groups in total. The van der Waals surface area contributed by atoms with Crippen LogP contribution in [0.2, 0.25) is 0 Å². The maximum absolute atomic E-state index is 11.0. The van der Waals surface area contributed by atoms with Crippen LogP contribution in [-0.2, 0) is 0 Å². The van der Waals surface area contributed by atoms with Crippen molar-refractivity contribution in [3.05, 3.63) is 67.8 Å². The second-order valence-electron chi connectivity index (χ2n) is 4.26. The van der Waals surface area contributed by atoms with Crippen LogP contribution >= 0.6 is 0 Å². The summed E-state index contributed by atoms with van der Waals surface area (Å²) in [7, 11) is 0. The lowest BCUT2D eigenvalue weighted by atomic mass is 10.2. The van der Waals surface area contributed by atoms with Crippen molar-refractivity contribution in [1.82, 2.24) is 0 Å². The normalized spacial score (nSPS) is 9.70. The van der Waals surface area contributed by atoms with Gasteiger partial charge in [0.2, 0.25) is 11.5 Å². The third-order valence-corrected chi connectivity index (χ3v) is 2.82. The minimum Gasteiger partial charge on any atom is -0.443 e. The molecular formula is C14H7N3O6. The fraction of sp³-hybridized carbons (Fsp3) is 0. The van der Waals surface area contributed by atoms with E-state index < -0.39 is 21.2 Å². The highest BCUT2D eigenvalue weighted by Gasteiger charge is 2.22. The van der Waals surface area contributed by atoms with E-state index in [4.69, 9.17) is 10.00 Å². The van der Waals surface area contributed by atoms with Gasteiger partial charge in [-0.1, -0.05) is 0 Å². The molecule has 0 atom stereocenters. The Balaban J connectivity index is 2.55. The Hall–Kier alpha value is -3.80. The van der Waals surface area contributed by atoms with Gasteiger partial charge in [-0.15, -0.1) is 0 Å². The molecule has 0 aromatic heterocycles. The quantitative estimate of drug-likeness (QED) is 0.470. The van der Waals surface area contributed by atoms with Gasteiger partial charge in [0.1, 0.15) is 6.29 Å². The van der Waals surface area contributed by atoms with Crippen molar-refractivity contribution in [1.29, 1.82) is 5.26 Å². The number of hydrogen-bond donors (Lipinski definition) is 0. The topological polar surface area (TPSA) is 136 Å². The van der Waals surface area contributed by atoms with E-state index in [1.807, 2.05) is 0 Å². The van der Waals surface area contributed by atoms with E-state index in [9.17, 15) is 25.0 Å². The van der Waals surface area contributed by atoms with E-state index >= 15 is 0 Å². The van der Waals surface area contributed by atoms with Gasteiger partial charge >= 0.3 is 11.4 Å². The van der Waals surface area contributed by atoms with Crippen LogP contribution in [0.1, 0.15) is 15.9 Å². The van der Waals surface area contributed by atoms with Crippen LogP contribution in [0.15, 0.2) is 36.4 Å². The van der Waals surface area contributed by atoms with Gasteiger partial charge in [0.05, 0.1) is 21.5 Å².